The van der Waals surface area contributed by atoms with Crippen LogP contribution in [0.2, 0.25) is 0 Å². The van der Waals surface area contributed by atoms with E-state index >= 15 is 0 Å². The summed E-state index contributed by atoms with van der Waals surface area (Å²) in [6, 6.07) is 18.8. The third-order valence-electron chi connectivity index (χ3n) is 5.25. The fourth-order valence-electron chi connectivity index (χ4n) is 3.68. The number of rotatable bonds is 4. The molecular weight excluding hydrogens is 391 g/mol. The SMILES string of the molecule is O=C(Cc1cccc2ccccc12)N1CCN(S(=O)(=O)c2cccc(F)c2)CC1. The molecule has 1 aliphatic heterocycles. The smallest absolute Gasteiger partial charge is 0.243 e. The van der Waals surface area contributed by atoms with Gasteiger partial charge in [0.2, 0.25) is 15.9 Å². The Bertz CT molecular complexity index is 1150. The average molecular weight is 412 g/mol. The zero-order valence-electron chi connectivity index (χ0n) is 15.8. The Hall–Kier alpha value is -2.77. The summed E-state index contributed by atoms with van der Waals surface area (Å²) >= 11 is 0. The van der Waals surface area contributed by atoms with E-state index in [1.807, 2.05) is 42.5 Å². The first-order valence-corrected chi connectivity index (χ1v) is 10.9. The largest absolute Gasteiger partial charge is 0.340 e. The van der Waals surface area contributed by atoms with Crippen LogP contribution in [0.3, 0.4) is 0 Å². The molecule has 0 N–H and O–H groups in total. The van der Waals surface area contributed by atoms with Crippen molar-refractivity contribution in [1.82, 2.24) is 9.21 Å². The maximum absolute atomic E-state index is 13.4. The van der Waals surface area contributed by atoms with Crippen LogP contribution in [0.4, 0.5) is 4.39 Å². The summed E-state index contributed by atoms with van der Waals surface area (Å²) < 4.78 is 40.1. The molecule has 1 aliphatic rings. The van der Waals surface area contributed by atoms with Crippen LogP contribution >= 0.6 is 0 Å². The lowest BCUT2D eigenvalue weighted by atomic mass is 10.0. The van der Waals surface area contributed by atoms with Gasteiger partial charge in [-0.15, -0.1) is 0 Å². The Balaban J connectivity index is 1.43. The van der Waals surface area contributed by atoms with E-state index in [1.165, 1.54) is 22.5 Å². The second kappa shape index (κ2) is 7.93. The van der Waals surface area contributed by atoms with Gasteiger partial charge in [0.05, 0.1) is 11.3 Å². The minimum absolute atomic E-state index is 0.0239. The Morgan fingerprint density at radius 2 is 1.59 bits per heavy atom. The number of sulfonamides is 1. The van der Waals surface area contributed by atoms with Gasteiger partial charge in [0.25, 0.3) is 0 Å². The van der Waals surface area contributed by atoms with Crippen LogP contribution in [0.5, 0.6) is 0 Å². The summed E-state index contributed by atoms with van der Waals surface area (Å²) in [4.78, 5) is 14.4. The lowest BCUT2D eigenvalue weighted by molar-refractivity contribution is -0.131. The molecule has 3 aromatic carbocycles. The quantitative estimate of drug-likeness (QED) is 0.662. The highest BCUT2D eigenvalue weighted by Gasteiger charge is 2.30. The van der Waals surface area contributed by atoms with Crippen molar-refractivity contribution in [2.75, 3.05) is 26.2 Å². The molecule has 0 aliphatic carbocycles. The second-order valence-electron chi connectivity index (χ2n) is 7.06. The summed E-state index contributed by atoms with van der Waals surface area (Å²) in [6.45, 7) is 1.02. The van der Waals surface area contributed by atoms with Crippen molar-refractivity contribution >= 4 is 26.7 Å². The molecule has 1 saturated heterocycles. The highest BCUT2D eigenvalue weighted by Crippen LogP contribution is 2.21. The molecule has 0 unspecified atom stereocenters. The summed E-state index contributed by atoms with van der Waals surface area (Å²) in [7, 11) is -3.77. The molecule has 3 aromatic rings. The maximum Gasteiger partial charge on any atom is 0.243 e. The van der Waals surface area contributed by atoms with Gasteiger partial charge in [0, 0.05) is 26.2 Å². The predicted octanol–water partition coefficient (Wildman–Crippen LogP) is 3.05. The van der Waals surface area contributed by atoms with Gasteiger partial charge in [-0.1, -0.05) is 48.5 Å². The first-order valence-electron chi connectivity index (χ1n) is 9.45. The number of halogens is 1. The molecule has 0 aromatic heterocycles. The molecule has 0 saturated carbocycles. The van der Waals surface area contributed by atoms with Crippen LogP contribution in [-0.2, 0) is 21.2 Å². The lowest BCUT2D eigenvalue weighted by Gasteiger charge is -2.34. The molecule has 1 amide bonds. The number of piperazine rings is 1. The van der Waals surface area contributed by atoms with Crippen LogP contribution in [0.1, 0.15) is 5.56 Å². The zero-order chi connectivity index (χ0) is 20.4. The summed E-state index contributed by atoms with van der Waals surface area (Å²) in [6.07, 6.45) is 0.276. The number of benzene rings is 3. The van der Waals surface area contributed by atoms with Crippen molar-refractivity contribution in [3.05, 3.63) is 78.1 Å². The van der Waals surface area contributed by atoms with Gasteiger partial charge < -0.3 is 4.90 Å². The standard InChI is InChI=1S/C22H21FN2O3S/c23-19-8-4-9-20(16-19)29(27,28)25-13-11-24(12-14-25)22(26)15-18-7-3-6-17-5-1-2-10-21(17)18/h1-10,16H,11-15H2. The fourth-order valence-corrected chi connectivity index (χ4v) is 5.13. The predicted molar refractivity (Wildman–Crippen MR) is 109 cm³/mol. The number of hydrogen-bond acceptors (Lipinski definition) is 3. The van der Waals surface area contributed by atoms with E-state index in [0.29, 0.717) is 13.1 Å². The number of carbonyl (C=O) groups excluding carboxylic acids is 1. The highest BCUT2D eigenvalue weighted by molar-refractivity contribution is 7.89. The number of nitrogens with zero attached hydrogens (tertiary/aromatic N) is 2. The van der Waals surface area contributed by atoms with E-state index < -0.39 is 15.8 Å². The molecule has 0 bridgehead atoms. The van der Waals surface area contributed by atoms with Gasteiger partial charge in [-0.2, -0.15) is 4.31 Å². The molecule has 4 rings (SSSR count). The molecule has 1 fully saturated rings. The third-order valence-corrected chi connectivity index (χ3v) is 7.14. The Kier molecular flexibility index (Phi) is 5.34. The number of carbonyl (C=O) groups is 1. The van der Waals surface area contributed by atoms with E-state index in [2.05, 4.69) is 0 Å². The van der Waals surface area contributed by atoms with Gasteiger partial charge in [0.15, 0.2) is 0 Å². The average Bonchev–Trinajstić information content (AvgIpc) is 2.74. The number of amides is 1. The van der Waals surface area contributed by atoms with Crippen molar-refractivity contribution in [2.45, 2.75) is 11.3 Å². The van der Waals surface area contributed by atoms with Gasteiger partial charge in [0.1, 0.15) is 5.82 Å². The van der Waals surface area contributed by atoms with Crippen LogP contribution in [0, 0.1) is 5.82 Å². The fraction of sp³-hybridized carbons (Fsp3) is 0.227. The van der Waals surface area contributed by atoms with E-state index in [0.717, 1.165) is 22.4 Å². The first-order chi connectivity index (χ1) is 13.9. The molecule has 0 spiro atoms. The maximum atomic E-state index is 13.4. The zero-order valence-corrected chi connectivity index (χ0v) is 16.6. The Labute approximate surface area is 169 Å². The van der Waals surface area contributed by atoms with Crippen molar-refractivity contribution < 1.29 is 17.6 Å². The van der Waals surface area contributed by atoms with Crippen molar-refractivity contribution in [3.8, 4) is 0 Å². The van der Waals surface area contributed by atoms with Gasteiger partial charge in [-0.05, 0) is 34.5 Å². The lowest BCUT2D eigenvalue weighted by Crippen LogP contribution is -2.50. The normalized spacial score (nSPS) is 15.6. The Morgan fingerprint density at radius 1 is 0.897 bits per heavy atom. The minimum Gasteiger partial charge on any atom is -0.340 e. The van der Waals surface area contributed by atoms with Gasteiger partial charge >= 0.3 is 0 Å². The van der Waals surface area contributed by atoms with Crippen molar-refractivity contribution in [1.29, 1.82) is 0 Å². The van der Waals surface area contributed by atoms with Crippen LogP contribution in [0.25, 0.3) is 10.8 Å². The number of fused-ring (bicyclic) bond motifs is 1. The second-order valence-corrected chi connectivity index (χ2v) is 9.00. The monoisotopic (exact) mass is 412 g/mol. The van der Waals surface area contributed by atoms with Crippen LogP contribution in [0.15, 0.2) is 71.6 Å². The van der Waals surface area contributed by atoms with Gasteiger partial charge in [-0.25, -0.2) is 12.8 Å². The summed E-state index contributed by atoms with van der Waals surface area (Å²) in [5.74, 6) is -0.612. The van der Waals surface area contributed by atoms with Gasteiger partial charge in [-0.3, -0.25) is 4.79 Å². The molecule has 5 nitrogen and oxygen atoms in total. The van der Waals surface area contributed by atoms with E-state index in [1.54, 1.807) is 4.90 Å². The van der Waals surface area contributed by atoms with Crippen LogP contribution < -0.4 is 0 Å². The molecule has 0 radical (unpaired) electrons. The van der Waals surface area contributed by atoms with E-state index in [9.17, 15) is 17.6 Å². The van der Waals surface area contributed by atoms with Crippen molar-refractivity contribution in [2.24, 2.45) is 0 Å². The van der Waals surface area contributed by atoms with E-state index in [4.69, 9.17) is 0 Å². The molecular formula is C22H21FN2O3S. The topological polar surface area (TPSA) is 57.7 Å². The molecule has 7 heteroatoms. The number of hydrogen-bond donors (Lipinski definition) is 0. The molecule has 29 heavy (non-hydrogen) atoms. The highest BCUT2D eigenvalue weighted by atomic mass is 32.2. The molecule has 0 atom stereocenters. The summed E-state index contributed by atoms with van der Waals surface area (Å²) in [5.41, 5.74) is 0.961. The van der Waals surface area contributed by atoms with Crippen LogP contribution in [-0.4, -0.2) is 49.7 Å². The molecule has 150 valence electrons. The summed E-state index contributed by atoms with van der Waals surface area (Å²) in [5, 5.41) is 2.14. The van der Waals surface area contributed by atoms with Crippen molar-refractivity contribution in [3.63, 3.8) is 0 Å². The first kappa shape index (κ1) is 19.5. The van der Waals surface area contributed by atoms with E-state index in [-0.39, 0.29) is 30.3 Å². The Morgan fingerprint density at radius 3 is 2.34 bits per heavy atom. The minimum atomic E-state index is -3.77. The third kappa shape index (κ3) is 4.02. The molecule has 1 heterocycles.